The second-order valence-electron chi connectivity index (χ2n) is 6.84. The summed E-state index contributed by atoms with van der Waals surface area (Å²) in [6.45, 7) is 5.28. The van der Waals surface area contributed by atoms with E-state index in [9.17, 15) is 9.59 Å². The average molecular weight is 293 g/mol. The highest BCUT2D eigenvalue weighted by Gasteiger charge is 2.40. The van der Waals surface area contributed by atoms with E-state index in [-0.39, 0.29) is 6.03 Å². The van der Waals surface area contributed by atoms with Crippen LogP contribution in [0.5, 0.6) is 0 Å². The molecule has 2 bridgehead atoms. The van der Waals surface area contributed by atoms with Gasteiger partial charge in [0, 0.05) is 39.1 Å². The maximum absolute atomic E-state index is 12.4. The van der Waals surface area contributed by atoms with Gasteiger partial charge in [-0.15, -0.1) is 0 Å². The lowest BCUT2D eigenvalue weighted by Gasteiger charge is -2.35. The standard InChI is InChI=1S/C16H27N3O2/c1-2-17-16(21)19-7-5-18(6-8-19)15(20)11-14-10-12-3-4-13(14)9-12/h12-14H,2-11H2,1H3,(H,17,21). The molecule has 1 aliphatic heterocycles. The predicted molar refractivity (Wildman–Crippen MR) is 80.8 cm³/mol. The first kappa shape index (κ1) is 14.7. The first-order valence-electron chi connectivity index (χ1n) is 8.48. The van der Waals surface area contributed by atoms with Crippen LogP contribution in [0, 0.1) is 17.8 Å². The minimum atomic E-state index is -0.00213. The first-order chi connectivity index (χ1) is 10.2. The van der Waals surface area contributed by atoms with Crippen LogP contribution in [0.3, 0.4) is 0 Å². The maximum Gasteiger partial charge on any atom is 0.317 e. The molecular weight excluding hydrogens is 266 g/mol. The van der Waals surface area contributed by atoms with Crippen molar-refractivity contribution in [2.24, 2.45) is 17.8 Å². The molecule has 3 unspecified atom stereocenters. The van der Waals surface area contributed by atoms with Crippen LogP contribution in [0.15, 0.2) is 0 Å². The highest BCUT2D eigenvalue weighted by Crippen LogP contribution is 2.49. The minimum absolute atomic E-state index is 0.00213. The van der Waals surface area contributed by atoms with E-state index in [4.69, 9.17) is 0 Å². The Morgan fingerprint density at radius 1 is 1.05 bits per heavy atom. The SMILES string of the molecule is CCNC(=O)N1CCN(C(=O)CC2CC3CCC2C3)CC1. The van der Waals surface area contributed by atoms with Crippen molar-refractivity contribution in [1.29, 1.82) is 0 Å². The Balaban J connectivity index is 1.44. The van der Waals surface area contributed by atoms with E-state index in [1.165, 1.54) is 25.7 Å². The molecule has 3 atom stereocenters. The molecule has 5 heteroatoms. The molecule has 1 saturated heterocycles. The Hall–Kier alpha value is -1.26. The summed E-state index contributed by atoms with van der Waals surface area (Å²) >= 11 is 0. The van der Waals surface area contributed by atoms with Crippen LogP contribution in [0.1, 0.15) is 39.0 Å². The van der Waals surface area contributed by atoms with Crippen molar-refractivity contribution < 1.29 is 9.59 Å². The molecule has 0 radical (unpaired) electrons. The predicted octanol–water partition coefficient (Wildman–Crippen LogP) is 1.69. The number of urea groups is 1. The van der Waals surface area contributed by atoms with Gasteiger partial charge in [-0.25, -0.2) is 4.79 Å². The van der Waals surface area contributed by atoms with E-state index in [0.717, 1.165) is 18.3 Å². The van der Waals surface area contributed by atoms with Gasteiger partial charge in [0.2, 0.25) is 5.91 Å². The van der Waals surface area contributed by atoms with Gasteiger partial charge in [0.1, 0.15) is 0 Å². The van der Waals surface area contributed by atoms with Crippen LogP contribution in [0.4, 0.5) is 4.79 Å². The normalized spacial score (nSPS) is 31.6. The number of hydrogen-bond donors (Lipinski definition) is 1. The number of piperazine rings is 1. The zero-order chi connectivity index (χ0) is 14.8. The second kappa shape index (κ2) is 6.24. The topological polar surface area (TPSA) is 52.7 Å². The van der Waals surface area contributed by atoms with Gasteiger partial charge in [-0.3, -0.25) is 4.79 Å². The van der Waals surface area contributed by atoms with Crippen LogP contribution in [-0.2, 0) is 4.79 Å². The Kier molecular flexibility index (Phi) is 4.36. The molecule has 0 spiro atoms. The smallest absolute Gasteiger partial charge is 0.317 e. The molecule has 3 rings (SSSR count). The van der Waals surface area contributed by atoms with Gasteiger partial charge in [-0.05, 0) is 43.9 Å². The van der Waals surface area contributed by atoms with Gasteiger partial charge in [0.25, 0.3) is 0 Å². The molecule has 3 amide bonds. The van der Waals surface area contributed by atoms with Crippen LogP contribution in [-0.4, -0.2) is 54.5 Å². The first-order valence-corrected chi connectivity index (χ1v) is 8.48. The van der Waals surface area contributed by atoms with Crippen molar-refractivity contribution in [3.05, 3.63) is 0 Å². The quantitative estimate of drug-likeness (QED) is 0.861. The van der Waals surface area contributed by atoms with E-state index in [1.807, 2.05) is 16.7 Å². The van der Waals surface area contributed by atoms with Gasteiger partial charge >= 0.3 is 6.03 Å². The largest absolute Gasteiger partial charge is 0.339 e. The maximum atomic E-state index is 12.4. The lowest BCUT2D eigenvalue weighted by atomic mass is 9.86. The summed E-state index contributed by atoms with van der Waals surface area (Å²) in [5, 5.41) is 2.82. The molecule has 1 N–H and O–H groups in total. The van der Waals surface area contributed by atoms with Crippen molar-refractivity contribution >= 4 is 11.9 Å². The second-order valence-corrected chi connectivity index (χ2v) is 6.84. The third-order valence-corrected chi connectivity index (χ3v) is 5.57. The van der Waals surface area contributed by atoms with E-state index < -0.39 is 0 Å². The fraction of sp³-hybridized carbons (Fsp3) is 0.875. The molecule has 2 aliphatic carbocycles. The average Bonchev–Trinajstić information content (AvgIpc) is 3.10. The number of fused-ring (bicyclic) bond motifs is 2. The Morgan fingerprint density at radius 2 is 1.76 bits per heavy atom. The van der Waals surface area contributed by atoms with Crippen molar-refractivity contribution in [3.63, 3.8) is 0 Å². The summed E-state index contributed by atoms with van der Waals surface area (Å²) in [6.07, 6.45) is 6.11. The summed E-state index contributed by atoms with van der Waals surface area (Å²) in [6, 6.07) is -0.00213. The molecule has 0 aromatic rings. The van der Waals surface area contributed by atoms with E-state index in [1.54, 1.807) is 0 Å². The molecular formula is C16H27N3O2. The van der Waals surface area contributed by atoms with Crippen LogP contribution in [0.25, 0.3) is 0 Å². The monoisotopic (exact) mass is 293 g/mol. The fourth-order valence-corrected chi connectivity index (χ4v) is 4.40. The van der Waals surface area contributed by atoms with Gasteiger partial charge in [0.15, 0.2) is 0 Å². The van der Waals surface area contributed by atoms with Crippen LogP contribution >= 0.6 is 0 Å². The molecule has 1 heterocycles. The Morgan fingerprint density at radius 3 is 2.33 bits per heavy atom. The van der Waals surface area contributed by atoms with Gasteiger partial charge in [-0.1, -0.05) is 6.42 Å². The zero-order valence-corrected chi connectivity index (χ0v) is 13.0. The number of carbonyl (C=O) groups excluding carboxylic acids is 2. The Bertz CT molecular complexity index is 404. The lowest BCUT2D eigenvalue weighted by Crippen LogP contribution is -2.53. The van der Waals surface area contributed by atoms with Crippen molar-refractivity contribution in [2.75, 3.05) is 32.7 Å². The minimum Gasteiger partial charge on any atom is -0.339 e. The number of amides is 3. The number of carbonyl (C=O) groups is 2. The molecule has 5 nitrogen and oxygen atoms in total. The molecule has 2 saturated carbocycles. The molecule has 3 fully saturated rings. The molecule has 21 heavy (non-hydrogen) atoms. The molecule has 118 valence electrons. The number of rotatable bonds is 3. The lowest BCUT2D eigenvalue weighted by molar-refractivity contribution is -0.134. The fourth-order valence-electron chi connectivity index (χ4n) is 4.40. The van der Waals surface area contributed by atoms with Gasteiger partial charge in [-0.2, -0.15) is 0 Å². The van der Waals surface area contributed by atoms with Crippen molar-refractivity contribution in [3.8, 4) is 0 Å². The molecule has 0 aromatic heterocycles. The zero-order valence-electron chi connectivity index (χ0n) is 13.0. The van der Waals surface area contributed by atoms with Gasteiger partial charge in [0.05, 0.1) is 0 Å². The van der Waals surface area contributed by atoms with Crippen molar-refractivity contribution in [2.45, 2.75) is 39.0 Å². The summed E-state index contributed by atoms with van der Waals surface area (Å²) in [4.78, 5) is 28.0. The van der Waals surface area contributed by atoms with Crippen LogP contribution in [0.2, 0.25) is 0 Å². The summed E-state index contributed by atoms with van der Waals surface area (Å²) < 4.78 is 0. The van der Waals surface area contributed by atoms with Gasteiger partial charge < -0.3 is 15.1 Å². The number of nitrogens with one attached hydrogen (secondary N) is 1. The highest BCUT2D eigenvalue weighted by atomic mass is 16.2. The third kappa shape index (κ3) is 3.16. The van der Waals surface area contributed by atoms with E-state index >= 15 is 0 Å². The summed E-state index contributed by atoms with van der Waals surface area (Å²) in [5.41, 5.74) is 0. The number of nitrogens with zero attached hydrogens (tertiary/aromatic N) is 2. The third-order valence-electron chi connectivity index (χ3n) is 5.57. The number of hydrogen-bond acceptors (Lipinski definition) is 2. The molecule has 3 aliphatic rings. The van der Waals surface area contributed by atoms with Crippen molar-refractivity contribution in [1.82, 2.24) is 15.1 Å². The van der Waals surface area contributed by atoms with E-state index in [2.05, 4.69) is 5.32 Å². The highest BCUT2D eigenvalue weighted by molar-refractivity contribution is 5.78. The Labute approximate surface area is 127 Å². The summed E-state index contributed by atoms with van der Waals surface area (Å²) in [7, 11) is 0. The summed E-state index contributed by atoms with van der Waals surface area (Å²) in [5.74, 6) is 2.67. The van der Waals surface area contributed by atoms with E-state index in [0.29, 0.717) is 44.5 Å². The molecule has 0 aromatic carbocycles. The van der Waals surface area contributed by atoms with Crippen LogP contribution < -0.4 is 5.32 Å².